The minimum absolute atomic E-state index is 0.131. The molecule has 0 unspecified atom stereocenters. The van der Waals surface area contributed by atoms with Gasteiger partial charge in [-0.2, -0.15) is 0 Å². The average molecular weight is 213 g/mol. The lowest BCUT2D eigenvalue weighted by Gasteiger charge is -2.31. The molecule has 0 saturated carbocycles. The fourth-order valence-electron chi connectivity index (χ4n) is 1.97. The SMILES string of the molecule is CC(C)NC(=O)CN(C)C1CCNCC1. The summed E-state index contributed by atoms with van der Waals surface area (Å²) >= 11 is 0. The standard InChI is InChI=1S/C11H23N3O/c1-9(2)13-11(15)8-14(3)10-4-6-12-7-5-10/h9-10,12H,4-8H2,1-3H3,(H,13,15). The molecule has 0 radical (unpaired) electrons. The zero-order valence-corrected chi connectivity index (χ0v) is 10.0. The van der Waals surface area contributed by atoms with Gasteiger partial charge in [0.2, 0.25) is 5.91 Å². The normalized spacial score (nSPS) is 18.5. The molecule has 0 aliphatic carbocycles. The van der Waals surface area contributed by atoms with E-state index < -0.39 is 0 Å². The average Bonchev–Trinajstić information content (AvgIpc) is 2.17. The first-order valence-corrected chi connectivity index (χ1v) is 5.80. The summed E-state index contributed by atoms with van der Waals surface area (Å²) in [6, 6.07) is 0.795. The first kappa shape index (κ1) is 12.5. The van der Waals surface area contributed by atoms with E-state index in [1.807, 2.05) is 20.9 Å². The molecule has 1 heterocycles. The zero-order valence-electron chi connectivity index (χ0n) is 10.0. The van der Waals surface area contributed by atoms with Crippen molar-refractivity contribution in [2.75, 3.05) is 26.7 Å². The maximum atomic E-state index is 11.5. The van der Waals surface area contributed by atoms with Crippen molar-refractivity contribution in [2.45, 2.75) is 38.8 Å². The fourth-order valence-corrected chi connectivity index (χ4v) is 1.97. The molecular formula is C11H23N3O. The molecule has 1 amide bonds. The molecule has 1 aliphatic rings. The fraction of sp³-hybridized carbons (Fsp3) is 0.909. The van der Waals surface area contributed by atoms with E-state index in [1.54, 1.807) is 0 Å². The van der Waals surface area contributed by atoms with E-state index >= 15 is 0 Å². The first-order valence-electron chi connectivity index (χ1n) is 5.80. The maximum absolute atomic E-state index is 11.5. The number of piperidine rings is 1. The van der Waals surface area contributed by atoms with Gasteiger partial charge in [0.05, 0.1) is 6.54 Å². The number of hydrogen-bond acceptors (Lipinski definition) is 3. The Morgan fingerprint density at radius 1 is 1.47 bits per heavy atom. The summed E-state index contributed by atoms with van der Waals surface area (Å²) < 4.78 is 0. The van der Waals surface area contributed by atoms with Crippen LogP contribution in [0.1, 0.15) is 26.7 Å². The highest BCUT2D eigenvalue weighted by atomic mass is 16.2. The Hall–Kier alpha value is -0.610. The van der Waals surface area contributed by atoms with Crippen LogP contribution in [0, 0.1) is 0 Å². The molecule has 0 aromatic rings. The Kier molecular flexibility index (Phi) is 5.05. The van der Waals surface area contributed by atoms with Crippen molar-refractivity contribution in [3.63, 3.8) is 0 Å². The van der Waals surface area contributed by atoms with E-state index in [9.17, 15) is 4.79 Å². The lowest BCUT2D eigenvalue weighted by atomic mass is 10.1. The van der Waals surface area contributed by atoms with E-state index in [1.165, 1.54) is 0 Å². The number of nitrogens with zero attached hydrogens (tertiary/aromatic N) is 1. The number of nitrogens with one attached hydrogen (secondary N) is 2. The van der Waals surface area contributed by atoms with Crippen molar-refractivity contribution in [3.05, 3.63) is 0 Å². The molecule has 0 atom stereocenters. The lowest BCUT2D eigenvalue weighted by Crippen LogP contribution is -2.46. The summed E-state index contributed by atoms with van der Waals surface area (Å²) in [5, 5.41) is 6.24. The second-order valence-corrected chi connectivity index (χ2v) is 4.62. The van der Waals surface area contributed by atoms with Crippen molar-refractivity contribution in [3.8, 4) is 0 Å². The highest BCUT2D eigenvalue weighted by molar-refractivity contribution is 5.78. The highest BCUT2D eigenvalue weighted by Crippen LogP contribution is 2.08. The monoisotopic (exact) mass is 213 g/mol. The Bertz CT molecular complexity index is 200. The molecule has 2 N–H and O–H groups in total. The summed E-state index contributed by atoms with van der Waals surface area (Å²) in [7, 11) is 2.04. The van der Waals surface area contributed by atoms with Crippen LogP contribution in [0.15, 0.2) is 0 Å². The van der Waals surface area contributed by atoms with Crippen LogP contribution in [-0.2, 0) is 4.79 Å². The predicted octanol–water partition coefficient (Wildman–Crippen LogP) is 0.195. The molecule has 4 heteroatoms. The second-order valence-electron chi connectivity index (χ2n) is 4.62. The molecule has 1 fully saturated rings. The lowest BCUT2D eigenvalue weighted by molar-refractivity contribution is -0.123. The van der Waals surface area contributed by atoms with Crippen LogP contribution in [0.5, 0.6) is 0 Å². The Morgan fingerprint density at radius 3 is 2.60 bits per heavy atom. The summed E-state index contributed by atoms with van der Waals surface area (Å²) in [5.41, 5.74) is 0. The molecular weight excluding hydrogens is 190 g/mol. The number of likely N-dealkylation sites (N-methyl/N-ethyl adjacent to an activating group) is 1. The van der Waals surface area contributed by atoms with Crippen LogP contribution >= 0.6 is 0 Å². The van der Waals surface area contributed by atoms with Crippen molar-refractivity contribution in [1.29, 1.82) is 0 Å². The molecule has 1 aliphatic heterocycles. The van der Waals surface area contributed by atoms with Crippen LogP contribution in [0.2, 0.25) is 0 Å². The van der Waals surface area contributed by atoms with Crippen LogP contribution < -0.4 is 10.6 Å². The van der Waals surface area contributed by atoms with E-state index in [4.69, 9.17) is 0 Å². The van der Waals surface area contributed by atoms with Crippen LogP contribution in [0.3, 0.4) is 0 Å². The summed E-state index contributed by atoms with van der Waals surface area (Å²) in [4.78, 5) is 13.7. The zero-order chi connectivity index (χ0) is 11.3. The van der Waals surface area contributed by atoms with Crippen molar-refractivity contribution >= 4 is 5.91 Å². The molecule has 0 spiro atoms. The van der Waals surface area contributed by atoms with Crippen molar-refractivity contribution < 1.29 is 4.79 Å². The molecule has 1 saturated heterocycles. The molecule has 0 bridgehead atoms. The van der Waals surface area contributed by atoms with Gasteiger partial charge in [0.25, 0.3) is 0 Å². The summed E-state index contributed by atoms with van der Waals surface area (Å²) in [5.74, 6) is 0.131. The minimum atomic E-state index is 0.131. The van der Waals surface area contributed by atoms with Crippen molar-refractivity contribution in [1.82, 2.24) is 15.5 Å². The number of amides is 1. The maximum Gasteiger partial charge on any atom is 0.234 e. The van der Waals surface area contributed by atoms with Gasteiger partial charge in [-0.05, 0) is 46.8 Å². The van der Waals surface area contributed by atoms with Gasteiger partial charge in [-0.25, -0.2) is 0 Å². The topological polar surface area (TPSA) is 44.4 Å². The molecule has 0 aromatic heterocycles. The number of rotatable bonds is 4. The van der Waals surface area contributed by atoms with Gasteiger partial charge >= 0.3 is 0 Å². The third-order valence-electron chi connectivity index (χ3n) is 2.77. The van der Waals surface area contributed by atoms with Crippen LogP contribution in [0.25, 0.3) is 0 Å². The van der Waals surface area contributed by atoms with Gasteiger partial charge in [0, 0.05) is 12.1 Å². The van der Waals surface area contributed by atoms with Gasteiger partial charge in [-0.15, -0.1) is 0 Å². The third kappa shape index (κ3) is 4.62. The Balaban J connectivity index is 2.27. The van der Waals surface area contributed by atoms with E-state index in [0.29, 0.717) is 12.6 Å². The largest absolute Gasteiger partial charge is 0.353 e. The van der Waals surface area contributed by atoms with Crippen molar-refractivity contribution in [2.24, 2.45) is 0 Å². The Labute approximate surface area is 92.4 Å². The van der Waals surface area contributed by atoms with Gasteiger partial charge < -0.3 is 10.6 Å². The van der Waals surface area contributed by atoms with Crippen LogP contribution in [0.4, 0.5) is 0 Å². The van der Waals surface area contributed by atoms with Crippen LogP contribution in [-0.4, -0.2) is 49.6 Å². The van der Waals surface area contributed by atoms with Gasteiger partial charge in [-0.1, -0.05) is 0 Å². The third-order valence-corrected chi connectivity index (χ3v) is 2.77. The van der Waals surface area contributed by atoms with Gasteiger partial charge in [-0.3, -0.25) is 9.69 Å². The smallest absolute Gasteiger partial charge is 0.234 e. The predicted molar refractivity (Wildman–Crippen MR) is 61.8 cm³/mol. The number of carbonyl (C=O) groups excluding carboxylic acids is 1. The van der Waals surface area contributed by atoms with Gasteiger partial charge in [0.15, 0.2) is 0 Å². The molecule has 15 heavy (non-hydrogen) atoms. The van der Waals surface area contributed by atoms with E-state index in [-0.39, 0.29) is 11.9 Å². The summed E-state index contributed by atoms with van der Waals surface area (Å²) in [6.07, 6.45) is 2.29. The molecule has 0 aromatic carbocycles. The second kappa shape index (κ2) is 6.08. The van der Waals surface area contributed by atoms with E-state index in [0.717, 1.165) is 25.9 Å². The van der Waals surface area contributed by atoms with Gasteiger partial charge in [0.1, 0.15) is 0 Å². The number of hydrogen-bond donors (Lipinski definition) is 2. The van der Waals surface area contributed by atoms with E-state index in [2.05, 4.69) is 15.5 Å². The molecule has 88 valence electrons. The Morgan fingerprint density at radius 2 is 2.07 bits per heavy atom. The quantitative estimate of drug-likeness (QED) is 0.701. The minimum Gasteiger partial charge on any atom is -0.353 e. The summed E-state index contributed by atoms with van der Waals surface area (Å²) in [6.45, 7) is 6.63. The first-order chi connectivity index (χ1) is 7.09. The molecule has 1 rings (SSSR count). The number of carbonyl (C=O) groups is 1. The molecule has 4 nitrogen and oxygen atoms in total. The highest BCUT2D eigenvalue weighted by Gasteiger charge is 2.19.